The zero-order valence-corrected chi connectivity index (χ0v) is 20.7. The average molecular weight is 456 g/mol. The lowest BCUT2D eigenvalue weighted by Gasteiger charge is -2.40. The van der Waals surface area contributed by atoms with Gasteiger partial charge in [-0.15, -0.1) is 0 Å². The summed E-state index contributed by atoms with van der Waals surface area (Å²) in [6.07, 6.45) is 7.78. The smallest absolute Gasteiger partial charge is 0.307 e. The topological polar surface area (TPSA) is 83.1 Å². The molecular formula is C20H43NO6P2. The van der Waals surface area contributed by atoms with Crippen LogP contribution in [-0.4, -0.2) is 38.0 Å². The molecule has 1 heterocycles. The van der Waals surface area contributed by atoms with Gasteiger partial charge in [0.05, 0.1) is 26.4 Å². The number of unbranched alkanes of at least 4 members (excludes halogenated alkanes) is 4. The highest BCUT2D eigenvalue weighted by Crippen LogP contribution is 2.79. The maximum Gasteiger partial charge on any atom is 0.362 e. The van der Waals surface area contributed by atoms with Gasteiger partial charge in [-0.2, -0.15) is 0 Å². The van der Waals surface area contributed by atoms with Crippen LogP contribution in [0.15, 0.2) is 0 Å². The molecule has 1 fully saturated rings. The Morgan fingerprint density at radius 2 is 1.03 bits per heavy atom. The monoisotopic (exact) mass is 455 g/mol. The quantitative estimate of drug-likeness (QED) is 0.182. The normalized spacial score (nSPS) is 17.1. The minimum atomic E-state index is -3.80. The number of hydrogen-bond acceptors (Lipinski definition) is 7. The molecule has 0 atom stereocenters. The van der Waals surface area contributed by atoms with Gasteiger partial charge >= 0.3 is 15.2 Å². The first-order valence-electron chi connectivity index (χ1n) is 11.5. The largest absolute Gasteiger partial charge is 0.362 e. The fourth-order valence-electron chi connectivity index (χ4n) is 3.15. The molecule has 1 aliphatic rings. The van der Waals surface area contributed by atoms with Gasteiger partial charge in [0, 0.05) is 0 Å². The second-order valence-electron chi connectivity index (χ2n) is 7.59. The van der Waals surface area contributed by atoms with E-state index < -0.39 is 20.2 Å². The summed E-state index contributed by atoms with van der Waals surface area (Å²) in [5.41, 5.74) is 0. The molecule has 0 aliphatic carbocycles. The summed E-state index contributed by atoms with van der Waals surface area (Å²) in [5.74, 6) is 0. The molecule has 0 unspecified atom stereocenters. The van der Waals surface area contributed by atoms with Crippen molar-refractivity contribution in [3.05, 3.63) is 0 Å². The summed E-state index contributed by atoms with van der Waals surface area (Å²) in [5, 5.41) is 1.81. The predicted octanol–water partition coefficient (Wildman–Crippen LogP) is 6.68. The minimum Gasteiger partial charge on any atom is -0.307 e. The summed E-state index contributed by atoms with van der Waals surface area (Å²) >= 11 is 0. The maximum atomic E-state index is 14.2. The van der Waals surface area contributed by atoms with E-state index in [-0.39, 0.29) is 0 Å². The average Bonchev–Trinajstić information content (AvgIpc) is 3.21. The molecule has 0 aromatic carbocycles. The van der Waals surface area contributed by atoms with Gasteiger partial charge in [-0.25, -0.2) is 0 Å². The Balaban J connectivity index is 3.25. The second kappa shape index (κ2) is 14.3. The van der Waals surface area contributed by atoms with Crippen molar-refractivity contribution in [1.29, 1.82) is 0 Å². The van der Waals surface area contributed by atoms with E-state index in [4.69, 9.17) is 18.1 Å². The second-order valence-corrected chi connectivity index (χ2v) is 12.5. The first-order chi connectivity index (χ1) is 13.9. The molecule has 0 spiro atoms. The summed E-state index contributed by atoms with van der Waals surface area (Å²) in [6, 6.07) is 0. The van der Waals surface area contributed by atoms with Crippen molar-refractivity contribution < 1.29 is 27.2 Å². The van der Waals surface area contributed by atoms with Crippen molar-refractivity contribution in [3.8, 4) is 0 Å². The van der Waals surface area contributed by atoms with Crippen molar-refractivity contribution in [2.24, 2.45) is 0 Å². The Morgan fingerprint density at radius 1 is 0.690 bits per heavy atom. The van der Waals surface area contributed by atoms with Gasteiger partial charge in [0.2, 0.25) is 5.02 Å². The molecule has 0 aromatic heterocycles. The first-order valence-corrected chi connectivity index (χ1v) is 14.6. The lowest BCUT2D eigenvalue weighted by atomic mass is 10.4. The van der Waals surface area contributed by atoms with E-state index >= 15 is 0 Å². The molecule has 0 bridgehead atoms. The van der Waals surface area contributed by atoms with E-state index in [0.717, 1.165) is 57.8 Å². The predicted molar refractivity (Wildman–Crippen MR) is 119 cm³/mol. The number of rotatable bonds is 18. The van der Waals surface area contributed by atoms with Crippen LogP contribution in [0.1, 0.15) is 91.9 Å². The summed E-state index contributed by atoms with van der Waals surface area (Å²) in [4.78, 5) is 0. The summed E-state index contributed by atoms with van der Waals surface area (Å²) < 4.78 is 51.9. The van der Waals surface area contributed by atoms with Crippen LogP contribution in [0.3, 0.4) is 0 Å². The summed E-state index contributed by atoms with van der Waals surface area (Å²) in [6.45, 7) is 9.95. The molecule has 0 amide bonds. The van der Waals surface area contributed by atoms with E-state index in [9.17, 15) is 9.13 Å². The van der Waals surface area contributed by atoms with Gasteiger partial charge < -0.3 is 18.1 Å². The van der Waals surface area contributed by atoms with Crippen LogP contribution in [-0.2, 0) is 27.2 Å². The van der Waals surface area contributed by atoms with Gasteiger partial charge in [0.15, 0.2) is 0 Å². The highest BCUT2D eigenvalue weighted by atomic mass is 31.2. The highest BCUT2D eigenvalue weighted by molar-refractivity contribution is 7.74. The lowest BCUT2D eigenvalue weighted by molar-refractivity contribution is 0.156. The fourth-order valence-corrected chi connectivity index (χ4v) is 9.00. The molecule has 29 heavy (non-hydrogen) atoms. The highest BCUT2D eigenvalue weighted by Gasteiger charge is 2.66. The van der Waals surface area contributed by atoms with Crippen LogP contribution in [0.2, 0.25) is 0 Å². The molecular weight excluding hydrogens is 412 g/mol. The van der Waals surface area contributed by atoms with Crippen LogP contribution in [0.4, 0.5) is 0 Å². The van der Waals surface area contributed by atoms with Gasteiger partial charge in [0.25, 0.3) is 0 Å². The molecule has 9 heteroatoms. The van der Waals surface area contributed by atoms with Crippen LogP contribution in [0.25, 0.3) is 0 Å². The van der Waals surface area contributed by atoms with E-state index in [2.05, 4.69) is 5.32 Å². The molecule has 1 aliphatic heterocycles. The number of nitrogens with one attached hydrogen (secondary N) is 1. The molecule has 1 saturated heterocycles. The van der Waals surface area contributed by atoms with Gasteiger partial charge in [-0.3, -0.25) is 14.4 Å². The molecule has 1 rings (SSSR count). The Labute approximate surface area is 178 Å². The molecule has 174 valence electrons. The van der Waals surface area contributed by atoms with Crippen molar-refractivity contribution in [3.63, 3.8) is 0 Å². The van der Waals surface area contributed by atoms with Gasteiger partial charge in [-0.05, 0) is 45.1 Å². The van der Waals surface area contributed by atoms with E-state index in [1.807, 2.05) is 27.7 Å². The molecule has 7 nitrogen and oxygen atoms in total. The van der Waals surface area contributed by atoms with E-state index in [1.54, 1.807) is 0 Å². The lowest BCUT2D eigenvalue weighted by Crippen LogP contribution is -2.42. The third-order valence-corrected chi connectivity index (χ3v) is 11.2. The third-order valence-electron chi connectivity index (χ3n) is 5.05. The molecule has 0 saturated carbocycles. The van der Waals surface area contributed by atoms with Crippen molar-refractivity contribution in [2.45, 2.75) is 96.9 Å². The van der Waals surface area contributed by atoms with Crippen LogP contribution < -0.4 is 5.32 Å². The standard InChI is InChI=1S/C20H43NO6P2/c1-5-9-16-24-28(22,25-17-10-6-2)20(14-13-15-21-20)29(23,26-18-11-7-3)27-19-12-8-4/h21H,5-19H2,1-4H3. The zero-order chi connectivity index (χ0) is 21.6. The zero-order valence-electron chi connectivity index (χ0n) is 19.0. The van der Waals surface area contributed by atoms with E-state index in [0.29, 0.717) is 39.4 Å². The van der Waals surface area contributed by atoms with Gasteiger partial charge in [0.1, 0.15) is 0 Å². The third kappa shape index (κ3) is 7.42. The maximum absolute atomic E-state index is 14.2. The first kappa shape index (κ1) is 27.3. The Bertz CT molecular complexity index is 457. The van der Waals surface area contributed by atoms with E-state index in [1.165, 1.54) is 0 Å². The fraction of sp³-hybridized carbons (Fsp3) is 1.00. The number of hydrogen-bond donors (Lipinski definition) is 1. The molecule has 0 aromatic rings. The van der Waals surface area contributed by atoms with Crippen LogP contribution >= 0.6 is 15.2 Å². The van der Waals surface area contributed by atoms with Gasteiger partial charge in [-0.1, -0.05) is 53.4 Å². The molecule has 0 radical (unpaired) electrons. The van der Waals surface area contributed by atoms with Crippen molar-refractivity contribution in [2.75, 3.05) is 33.0 Å². The molecule has 1 N–H and O–H groups in total. The minimum absolute atomic E-state index is 0.299. The SMILES string of the molecule is CCCCOP(=O)(OCCCC)C1(P(=O)(OCCCC)OCCCC)CCCN1. The van der Waals surface area contributed by atoms with Crippen LogP contribution in [0.5, 0.6) is 0 Å². The van der Waals surface area contributed by atoms with Crippen molar-refractivity contribution in [1.82, 2.24) is 5.32 Å². The summed E-state index contributed by atoms with van der Waals surface area (Å²) in [7, 11) is -7.60. The Morgan fingerprint density at radius 3 is 1.28 bits per heavy atom. The van der Waals surface area contributed by atoms with Crippen LogP contribution in [0, 0.1) is 0 Å². The Hall–Kier alpha value is 0.260. The Kier molecular flexibility index (Phi) is 13.5. The van der Waals surface area contributed by atoms with Crippen molar-refractivity contribution >= 4 is 15.2 Å².